The largest absolute Gasteiger partial charge is 0.371 e. The summed E-state index contributed by atoms with van der Waals surface area (Å²) in [6, 6.07) is 14.6. The summed E-state index contributed by atoms with van der Waals surface area (Å²) in [5.41, 5.74) is 10.2. The molecule has 2 fully saturated rings. The number of anilines is 1. The van der Waals surface area contributed by atoms with E-state index in [1.165, 1.54) is 22.5 Å². The van der Waals surface area contributed by atoms with Crippen molar-refractivity contribution < 1.29 is 14.4 Å². The van der Waals surface area contributed by atoms with Crippen LogP contribution in [0.3, 0.4) is 0 Å². The molecular formula is C38H44N6O3. The van der Waals surface area contributed by atoms with E-state index in [1.54, 1.807) is 0 Å². The molecule has 4 aromatic rings. The molecular weight excluding hydrogens is 588 g/mol. The zero-order valence-electron chi connectivity index (χ0n) is 27.5. The van der Waals surface area contributed by atoms with Gasteiger partial charge in [0.05, 0.1) is 11.6 Å². The van der Waals surface area contributed by atoms with Crippen molar-refractivity contribution in [3.8, 4) is 11.4 Å². The quantitative estimate of drug-likeness (QED) is 0.237. The summed E-state index contributed by atoms with van der Waals surface area (Å²) in [6.45, 7) is 8.18. The highest BCUT2D eigenvalue weighted by atomic mass is 16.2. The number of fused-ring (bicyclic) bond motifs is 3. The zero-order valence-corrected chi connectivity index (χ0v) is 27.5. The number of benzene rings is 2. The second-order valence-corrected chi connectivity index (χ2v) is 15.0. The van der Waals surface area contributed by atoms with Gasteiger partial charge in [-0.25, -0.2) is 0 Å². The molecule has 2 saturated heterocycles. The molecule has 0 radical (unpaired) electrons. The lowest BCUT2D eigenvalue weighted by atomic mass is 9.76. The van der Waals surface area contributed by atoms with E-state index in [0.29, 0.717) is 24.2 Å². The molecule has 2 aromatic heterocycles. The van der Waals surface area contributed by atoms with Gasteiger partial charge in [-0.05, 0) is 98.1 Å². The van der Waals surface area contributed by atoms with Crippen LogP contribution < -0.4 is 10.2 Å². The fraction of sp³-hybridized carbons (Fsp3) is 0.474. The molecule has 3 amide bonds. The van der Waals surface area contributed by atoms with E-state index >= 15 is 0 Å². The number of carbonyl (C=O) groups excluding carboxylic acids is 3. The van der Waals surface area contributed by atoms with E-state index in [-0.39, 0.29) is 23.6 Å². The van der Waals surface area contributed by atoms with Gasteiger partial charge in [0.2, 0.25) is 11.8 Å². The van der Waals surface area contributed by atoms with Crippen LogP contribution in [0.15, 0.2) is 42.5 Å². The third-order valence-electron chi connectivity index (χ3n) is 11.1. The van der Waals surface area contributed by atoms with E-state index in [2.05, 4.69) is 69.6 Å². The predicted molar refractivity (Wildman–Crippen MR) is 182 cm³/mol. The van der Waals surface area contributed by atoms with Crippen LogP contribution in [-0.4, -0.2) is 64.0 Å². The number of hydrogen-bond donors (Lipinski definition) is 3. The van der Waals surface area contributed by atoms with Crippen LogP contribution in [0.2, 0.25) is 0 Å². The van der Waals surface area contributed by atoms with Gasteiger partial charge < -0.3 is 14.8 Å². The van der Waals surface area contributed by atoms with Gasteiger partial charge in [-0.15, -0.1) is 0 Å². The number of aromatic nitrogens is 3. The molecule has 244 valence electrons. The highest BCUT2D eigenvalue weighted by Gasteiger charge is 2.32. The maximum absolute atomic E-state index is 13.6. The molecule has 3 aliphatic heterocycles. The van der Waals surface area contributed by atoms with Gasteiger partial charge in [0.1, 0.15) is 5.69 Å². The summed E-state index contributed by atoms with van der Waals surface area (Å²) in [5, 5.41) is 11.6. The van der Waals surface area contributed by atoms with Crippen LogP contribution in [0.5, 0.6) is 0 Å². The first-order chi connectivity index (χ1) is 22.7. The first-order valence-electron chi connectivity index (χ1n) is 17.4. The van der Waals surface area contributed by atoms with Gasteiger partial charge in [-0.3, -0.25) is 24.8 Å². The number of nitrogens with one attached hydrogen (secondary N) is 3. The van der Waals surface area contributed by atoms with Crippen LogP contribution in [0.1, 0.15) is 91.0 Å². The Labute approximate surface area is 275 Å². The predicted octanol–water partition coefficient (Wildman–Crippen LogP) is 5.90. The van der Waals surface area contributed by atoms with Crippen LogP contribution in [0.4, 0.5) is 5.69 Å². The molecule has 9 heteroatoms. The number of aryl methyl sites for hydroxylation is 1. The topological polar surface area (TPSA) is 114 Å². The minimum Gasteiger partial charge on any atom is -0.371 e. The fourth-order valence-corrected chi connectivity index (χ4v) is 8.38. The molecule has 1 unspecified atom stereocenters. The first kappa shape index (κ1) is 30.0. The molecule has 3 N–H and O–H groups in total. The molecule has 5 heterocycles. The normalized spacial score (nSPS) is 21.4. The van der Waals surface area contributed by atoms with E-state index < -0.39 is 0 Å². The standard InChI is InChI=1S/C38H44N6O3/c1-38(2)14-11-29-32(21-38)41-42-35(29)31-19-25-5-6-27(20-30(25)39-31)37(47)43-16-12-23(13-17-43)22-44-15-3-4-26-18-24(7-9-33(26)44)28-8-10-34(45)40-36(28)46/h5-7,9,18-20,23,28,39H,3-4,8,10-17,21-22H2,1-2H3,(H,41,42)(H,40,45,46). The van der Waals surface area contributed by atoms with E-state index in [1.807, 2.05) is 17.0 Å². The van der Waals surface area contributed by atoms with E-state index in [4.69, 9.17) is 0 Å². The van der Waals surface area contributed by atoms with Gasteiger partial charge in [-0.1, -0.05) is 32.0 Å². The first-order valence-corrected chi connectivity index (χ1v) is 17.4. The van der Waals surface area contributed by atoms with Crippen molar-refractivity contribution in [2.75, 3.05) is 31.1 Å². The summed E-state index contributed by atoms with van der Waals surface area (Å²) in [6.07, 6.45) is 8.25. The number of H-pyrrole nitrogens is 2. The fourth-order valence-electron chi connectivity index (χ4n) is 8.38. The zero-order chi connectivity index (χ0) is 32.3. The molecule has 8 rings (SSSR count). The molecule has 0 spiro atoms. The minimum absolute atomic E-state index is 0.102. The smallest absolute Gasteiger partial charge is 0.253 e. The van der Waals surface area contributed by atoms with Crippen molar-refractivity contribution >= 4 is 34.3 Å². The second kappa shape index (κ2) is 11.7. The lowest BCUT2D eigenvalue weighted by Gasteiger charge is -2.38. The summed E-state index contributed by atoms with van der Waals surface area (Å²) in [4.78, 5) is 45.8. The highest BCUT2D eigenvalue weighted by molar-refractivity contribution is 6.01. The monoisotopic (exact) mass is 632 g/mol. The SMILES string of the molecule is CC1(C)CCc2c(-c3cc4ccc(C(=O)N5CCC(CN6CCCc7cc(C8CCC(=O)NC8=O)ccc76)CC5)cc4[nH]3)n[nH]c2C1. The summed E-state index contributed by atoms with van der Waals surface area (Å²) < 4.78 is 0. The van der Waals surface area contributed by atoms with Crippen molar-refractivity contribution in [1.82, 2.24) is 25.4 Å². The van der Waals surface area contributed by atoms with Crippen LogP contribution in [0.25, 0.3) is 22.3 Å². The van der Waals surface area contributed by atoms with Crippen molar-refractivity contribution in [3.63, 3.8) is 0 Å². The molecule has 1 aliphatic carbocycles. The van der Waals surface area contributed by atoms with Crippen molar-refractivity contribution in [1.29, 1.82) is 0 Å². The Morgan fingerprint density at radius 2 is 1.83 bits per heavy atom. The molecule has 0 saturated carbocycles. The summed E-state index contributed by atoms with van der Waals surface area (Å²) in [5.74, 6) is 0.0313. The molecule has 2 aromatic carbocycles. The molecule has 0 bridgehead atoms. The number of likely N-dealkylation sites (tertiary alicyclic amines) is 1. The van der Waals surface area contributed by atoms with Gasteiger partial charge in [-0.2, -0.15) is 5.10 Å². The van der Waals surface area contributed by atoms with Gasteiger partial charge >= 0.3 is 0 Å². The maximum atomic E-state index is 13.6. The number of aromatic amines is 2. The molecule has 1 atom stereocenters. The van der Waals surface area contributed by atoms with Crippen molar-refractivity contribution in [3.05, 3.63) is 70.4 Å². The number of hydrogen-bond acceptors (Lipinski definition) is 5. The third-order valence-corrected chi connectivity index (χ3v) is 11.1. The van der Waals surface area contributed by atoms with Crippen molar-refractivity contribution in [2.45, 2.75) is 77.6 Å². The second-order valence-electron chi connectivity index (χ2n) is 15.0. The minimum atomic E-state index is -0.246. The summed E-state index contributed by atoms with van der Waals surface area (Å²) in [7, 11) is 0. The van der Waals surface area contributed by atoms with Crippen molar-refractivity contribution in [2.24, 2.45) is 11.3 Å². The lowest BCUT2D eigenvalue weighted by Crippen LogP contribution is -2.42. The van der Waals surface area contributed by atoms with E-state index in [9.17, 15) is 14.4 Å². The Morgan fingerprint density at radius 3 is 2.66 bits per heavy atom. The number of piperidine rings is 2. The van der Waals surface area contributed by atoms with Gasteiger partial charge in [0.25, 0.3) is 5.91 Å². The van der Waals surface area contributed by atoms with Crippen LogP contribution in [0, 0.1) is 11.3 Å². The lowest BCUT2D eigenvalue weighted by molar-refractivity contribution is -0.134. The Bertz CT molecular complexity index is 1880. The highest BCUT2D eigenvalue weighted by Crippen LogP contribution is 2.39. The third kappa shape index (κ3) is 5.74. The van der Waals surface area contributed by atoms with E-state index in [0.717, 1.165) is 105 Å². The Kier molecular flexibility index (Phi) is 7.45. The molecule has 47 heavy (non-hydrogen) atoms. The Hall–Kier alpha value is -4.40. The number of nitrogens with zero attached hydrogens (tertiary/aromatic N) is 3. The number of imide groups is 1. The number of rotatable bonds is 5. The van der Waals surface area contributed by atoms with Gasteiger partial charge in [0, 0.05) is 66.0 Å². The summed E-state index contributed by atoms with van der Waals surface area (Å²) >= 11 is 0. The van der Waals surface area contributed by atoms with Gasteiger partial charge in [0.15, 0.2) is 0 Å². The molecule has 9 nitrogen and oxygen atoms in total. The average Bonchev–Trinajstić information content (AvgIpc) is 3.67. The van der Waals surface area contributed by atoms with Crippen LogP contribution in [-0.2, 0) is 28.9 Å². The Morgan fingerprint density at radius 1 is 0.979 bits per heavy atom. The molecule has 4 aliphatic rings. The van der Waals surface area contributed by atoms with Crippen LogP contribution >= 0.6 is 0 Å². The number of amides is 3. The maximum Gasteiger partial charge on any atom is 0.253 e. The Balaban J connectivity index is 0.903. The number of carbonyl (C=O) groups is 3. The average molecular weight is 633 g/mol.